The molecule has 4 aliphatic carbocycles. The van der Waals surface area contributed by atoms with E-state index in [4.69, 9.17) is 34.4 Å². The average molecular weight is 1570 g/mol. The summed E-state index contributed by atoms with van der Waals surface area (Å²) in [5.41, 5.74) is 4.10. The minimum Gasteiger partial charge on any atom is -0.454 e. The molecule has 7 aliphatic rings. The van der Waals surface area contributed by atoms with Crippen LogP contribution < -0.4 is 46.6 Å². The van der Waals surface area contributed by atoms with Crippen molar-refractivity contribution in [3.63, 3.8) is 0 Å². The van der Waals surface area contributed by atoms with E-state index in [-0.39, 0.29) is 58.6 Å². The molecule has 10 aromatic rings. The maximum Gasteiger partial charge on any atom is 0.320 e. The number of carbonyl (C=O) groups excluding carboxylic acids is 4. The van der Waals surface area contributed by atoms with Crippen LogP contribution in [0.2, 0.25) is 0 Å². The molecule has 0 unspecified atom stereocenters. The van der Waals surface area contributed by atoms with E-state index >= 15 is 0 Å². The van der Waals surface area contributed by atoms with Gasteiger partial charge in [0, 0.05) is 140 Å². The molecular weight excluding hydrogens is 1480 g/mol. The molecule has 0 spiro atoms. The fourth-order valence-electron chi connectivity index (χ4n) is 13.1. The van der Waals surface area contributed by atoms with Crippen molar-refractivity contribution in [2.45, 2.75) is 126 Å². The van der Waals surface area contributed by atoms with Crippen LogP contribution in [-0.4, -0.2) is 167 Å². The Bertz CT molecular complexity index is 5010. The number of aryl methyl sites for hydroxylation is 3. The van der Waals surface area contributed by atoms with Gasteiger partial charge in [0.2, 0.25) is 11.8 Å². The summed E-state index contributed by atoms with van der Waals surface area (Å²) in [6.45, 7) is 10.9. The van der Waals surface area contributed by atoms with E-state index in [1.807, 2.05) is 144 Å². The molecule has 4 saturated carbocycles. The van der Waals surface area contributed by atoms with Gasteiger partial charge in [-0.15, -0.1) is 0 Å². The van der Waals surface area contributed by atoms with Crippen molar-refractivity contribution in [2.24, 2.45) is 23.7 Å². The van der Waals surface area contributed by atoms with Crippen molar-refractivity contribution in [1.29, 1.82) is 0 Å². The second-order valence-corrected chi connectivity index (χ2v) is 32.4. The van der Waals surface area contributed by atoms with Gasteiger partial charge in [0.05, 0.1) is 32.7 Å². The highest BCUT2D eigenvalue weighted by atomic mass is 32.2. The first kappa shape index (κ1) is 75.7. The Balaban J connectivity index is 0.000000167. The molecule has 3 saturated heterocycles. The largest absolute Gasteiger partial charge is 0.454 e. The maximum atomic E-state index is 13.2. The van der Waals surface area contributed by atoms with Crippen molar-refractivity contribution < 1.29 is 43.1 Å². The van der Waals surface area contributed by atoms with Crippen molar-refractivity contribution >= 4 is 128 Å². The monoisotopic (exact) mass is 1570 g/mol. The molecule has 33 heteroatoms. The Morgan fingerprint density at radius 1 is 0.514 bits per heavy atom. The number of carbonyl (C=O) groups is 4. The van der Waals surface area contributed by atoms with E-state index in [1.165, 1.54) is 66.3 Å². The van der Waals surface area contributed by atoms with Gasteiger partial charge in [-0.05, 0) is 213 Å². The van der Waals surface area contributed by atoms with Crippen molar-refractivity contribution in [2.75, 3.05) is 114 Å². The highest BCUT2D eigenvalue weighted by Gasteiger charge is 2.57. The van der Waals surface area contributed by atoms with Gasteiger partial charge < -0.3 is 56.1 Å². The number of methoxy groups -OCH3 is 1. The number of aromatic nitrogens is 12. The summed E-state index contributed by atoms with van der Waals surface area (Å²) in [7, 11) is 5.55. The van der Waals surface area contributed by atoms with Crippen LogP contribution in [0.15, 0.2) is 164 Å². The summed E-state index contributed by atoms with van der Waals surface area (Å²) >= 11 is 4.32. The summed E-state index contributed by atoms with van der Waals surface area (Å²) < 4.78 is 38.4. The van der Waals surface area contributed by atoms with E-state index in [1.54, 1.807) is 18.2 Å². The number of rotatable bonds is 28. The van der Waals surface area contributed by atoms with Gasteiger partial charge in [0.1, 0.15) is 46.1 Å². The lowest BCUT2D eigenvalue weighted by atomic mass is 9.88. The number of benzene rings is 4. The average Bonchev–Trinajstić information content (AvgIpc) is 1.66. The molecule has 17 rings (SSSR count). The predicted molar refractivity (Wildman–Crippen MR) is 432 cm³/mol. The second-order valence-electron chi connectivity index (χ2n) is 29.3. The zero-order valence-electron chi connectivity index (χ0n) is 62.1. The third kappa shape index (κ3) is 19.5. The van der Waals surface area contributed by atoms with Gasteiger partial charge >= 0.3 is 5.97 Å². The molecule has 6 aromatic heterocycles. The molecule has 4 aromatic carbocycles. The van der Waals surface area contributed by atoms with Crippen molar-refractivity contribution in [1.82, 2.24) is 65.4 Å². The molecular formula is C78H94F2N22O6S3. The number of nitrogens with zero attached hydrogens (tertiary/aromatic N) is 13. The standard InChI is InChI=1S/C28H34N8O3S.C25H23F2N7OS.C25H29N7O2S.4H2/c1-17-12-23(34-33-17)30-22-13-24(36-15-28(16-36,19-6-7-19)39-25(37)14-35(2)3)32-27(31-22)40-21-10-8-20(9-11-21)29-26(38)18-4-5-18;1-15-13-21(33-32-15)29-20-14-22(34-11-4-12-34)31-25(30-20)36-17-9-7-16(8-10-17)28-24(35)19-6-3-2-5-18(19)23(26)27;1-15-11-21(31-30-15)27-20-12-22(32-13-25(14-32,34-2)17-5-6-17)29-24(28-20)35-19-9-7-18(8-10-19)26-23(33)16-3-4-16;;;;/h8-13,18-19H,4-7,14-16H2,1-3H3,(H,29,38)(H2,30,31,32,33,34);2-3,5-10,13-14,23H,4,11-12H2,1H3,(H,28,35)(H2,29,30,31,32,33);7-12,16-17H,3-6,13-14H2,1-2H3,(H,26,33)(H2,27,28,29,30,31);4*1H. The molecule has 7 fully saturated rings. The van der Waals surface area contributed by atoms with Crippen molar-refractivity contribution in [3.05, 3.63) is 162 Å². The number of H-pyrrole nitrogens is 3. The Hall–Kier alpha value is -10.7. The van der Waals surface area contributed by atoms with Crippen LogP contribution in [0.5, 0.6) is 0 Å². The minimum absolute atomic E-state index is 0. The lowest BCUT2D eigenvalue weighted by Gasteiger charge is -2.50. The number of anilines is 12. The van der Waals surface area contributed by atoms with E-state index in [0.29, 0.717) is 81.0 Å². The Kier molecular flexibility index (Phi) is 22.5. The SMILES string of the molecule is COC1(C2CC2)CN(c2cc(Nc3cc(C)[nH]n3)nc(Sc3ccc(NC(=O)C4CC4)cc3)n2)C1.Cc1cc(Nc2cc(N3CC(OC(=O)CN(C)C)(C4CC4)C3)nc(Sc3ccc(NC(=O)C4CC4)cc3)n2)n[nH]1.Cc1cc(Nc2cc(N3CCC3)nc(Sc3ccc(NC(=O)c4ccccc4C(F)F)cc3)n2)n[nH]1.[HH].[HH].[HH].[HH]. The first-order valence-electron chi connectivity index (χ1n) is 37.0. The molecule has 584 valence electrons. The second kappa shape index (κ2) is 33.1. The highest BCUT2D eigenvalue weighted by molar-refractivity contribution is 7.99. The van der Waals surface area contributed by atoms with Crippen LogP contribution in [0, 0.1) is 44.4 Å². The zero-order valence-corrected chi connectivity index (χ0v) is 64.6. The predicted octanol–water partition coefficient (Wildman–Crippen LogP) is 15.0. The number of halogens is 2. The Morgan fingerprint density at radius 2 is 0.901 bits per heavy atom. The topological polar surface area (TPSA) is 335 Å². The number of ether oxygens (including phenoxy) is 2. The van der Waals surface area contributed by atoms with E-state index in [9.17, 15) is 28.0 Å². The molecule has 28 nitrogen and oxygen atoms in total. The summed E-state index contributed by atoms with van der Waals surface area (Å²) in [6.07, 6.45) is 6.97. The van der Waals surface area contributed by atoms with Gasteiger partial charge in [0.25, 0.3) is 12.3 Å². The highest BCUT2D eigenvalue weighted by Crippen LogP contribution is 2.50. The van der Waals surface area contributed by atoms with Gasteiger partial charge in [-0.1, -0.05) is 18.2 Å². The molecule has 3 amide bonds. The van der Waals surface area contributed by atoms with E-state index < -0.39 is 17.9 Å². The van der Waals surface area contributed by atoms with Crippen LogP contribution in [0.3, 0.4) is 0 Å². The molecule has 3 aliphatic heterocycles. The fraction of sp³-hybridized carbons (Fsp3) is 0.372. The molecule has 9 heterocycles. The molecule has 0 atom stereocenters. The summed E-state index contributed by atoms with van der Waals surface area (Å²) in [5, 5.41) is 41.8. The molecule has 9 N–H and O–H groups in total. The molecule has 0 radical (unpaired) electrons. The lowest BCUT2D eigenvalue weighted by molar-refractivity contribution is -0.166. The van der Waals surface area contributed by atoms with Gasteiger partial charge in [-0.2, -0.15) is 15.3 Å². The summed E-state index contributed by atoms with van der Waals surface area (Å²) in [5.74, 6) is 7.31. The number of alkyl halides is 2. The van der Waals surface area contributed by atoms with Crippen molar-refractivity contribution in [3.8, 4) is 0 Å². The van der Waals surface area contributed by atoms with Gasteiger partial charge in [-0.25, -0.2) is 38.7 Å². The number of likely N-dealkylation sites (N-methyl/N-ethyl adjacent to an activating group) is 1. The van der Waals surface area contributed by atoms with Crippen LogP contribution in [0.25, 0.3) is 0 Å². The summed E-state index contributed by atoms with van der Waals surface area (Å²) in [6, 6.07) is 39.8. The van der Waals surface area contributed by atoms with Gasteiger partial charge in [0.15, 0.2) is 32.9 Å². The third-order valence-corrected chi connectivity index (χ3v) is 22.4. The fourth-order valence-corrected chi connectivity index (χ4v) is 15.4. The molecule has 0 bridgehead atoms. The van der Waals surface area contributed by atoms with Crippen LogP contribution in [-0.2, 0) is 23.9 Å². The summed E-state index contributed by atoms with van der Waals surface area (Å²) in [4.78, 5) is 89.0. The Morgan fingerprint density at radius 3 is 1.25 bits per heavy atom. The van der Waals surface area contributed by atoms with Crippen LogP contribution >= 0.6 is 35.3 Å². The maximum absolute atomic E-state index is 13.2. The Labute approximate surface area is 658 Å². The number of aromatic amines is 3. The molecule has 111 heavy (non-hydrogen) atoms. The van der Waals surface area contributed by atoms with Gasteiger partial charge in [-0.3, -0.25) is 39.4 Å². The van der Waals surface area contributed by atoms with E-state index in [2.05, 4.69) is 82.2 Å². The number of nitrogens with one attached hydrogen (secondary N) is 9. The first-order chi connectivity index (χ1) is 53.7. The first-order valence-corrected chi connectivity index (χ1v) is 39.5. The van der Waals surface area contributed by atoms with Crippen LogP contribution in [0.1, 0.15) is 103 Å². The number of hydrogen-bond acceptors (Lipinski definition) is 25. The van der Waals surface area contributed by atoms with E-state index in [0.717, 1.165) is 132 Å². The smallest absolute Gasteiger partial charge is 0.320 e. The normalized spacial score (nSPS) is 16.5. The lowest BCUT2D eigenvalue weighted by Crippen LogP contribution is -2.66. The number of esters is 1. The number of hydrogen-bond donors (Lipinski definition) is 9. The number of amides is 3. The minimum atomic E-state index is -2.73. The third-order valence-electron chi connectivity index (χ3n) is 19.8. The quantitative estimate of drug-likeness (QED) is 0.0162. The van der Waals surface area contributed by atoms with Crippen LogP contribution in [0.4, 0.5) is 78.2 Å². The zero-order chi connectivity index (χ0) is 76.9.